The molecule has 1 rings (SSSR count). The number of nitrogens with one attached hydrogen (secondary N) is 1. The quantitative estimate of drug-likeness (QED) is 0.770. The number of hydrogen-bond donors (Lipinski definition) is 1. The Hall–Kier alpha value is -1.32. The van der Waals surface area contributed by atoms with Gasteiger partial charge in [0, 0.05) is 19.0 Å². The molecule has 18 heavy (non-hydrogen) atoms. The van der Waals surface area contributed by atoms with Gasteiger partial charge in [0.2, 0.25) is 5.88 Å². The number of ether oxygens (including phenoxy) is 1. The molecular formula is C14H25N3O. The van der Waals surface area contributed by atoms with Crippen LogP contribution in [0.25, 0.3) is 0 Å². The zero-order valence-electron chi connectivity index (χ0n) is 12.0. The topological polar surface area (TPSA) is 47.0 Å². The highest BCUT2D eigenvalue weighted by Crippen LogP contribution is 2.15. The SMILES string of the molecule is CCCC(C)COc1cc(NCC)nc(CC)n1. The lowest BCUT2D eigenvalue weighted by Gasteiger charge is -2.13. The summed E-state index contributed by atoms with van der Waals surface area (Å²) in [6.07, 6.45) is 3.20. The Balaban J connectivity index is 2.65. The molecule has 0 bridgehead atoms. The minimum Gasteiger partial charge on any atom is -0.477 e. The standard InChI is InChI=1S/C14H25N3O/c1-5-8-11(4)10-18-14-9-13(15-7-3)16-12(6-2)17-14/h9,11H,5-8,10H2,1-4H3,(H,15,16,17). The Morgan fingerprint density at radius 2 is 2.06 bits per heavy atom. The van der Waals surface area contributed by atoms with Crippen molar-refractivity contribution in [1.29, 1.82) is 0 Å². The van der Waals surface area contributed by atoms with E-state index in [0.29, 0.717) is 11.8 Å². The summed E-state index contributed by atoms with van der Waals surface area (Å²) in [5, 5.41) is 3.20. The van der Waals surface area contributed by atoms with Crippen molar-refractivity contribution in [2.45, 2.75) is 47.0 Å². The van der Waals surface area contributed by atoms with Crippen LogP contribution in [0.4, 0.5) is 5.82 Å². The van der Waals surface area contributed by atoms with Crippen molar-refractivity contribution in [2.24, 2.45) is 5.92 Å². The van der Waals surface area contributed by atoms with Gasteiger partial charge in [-0.3, -0.25) is 0 Å². The van der Waals surface area contributed by atoms with Crippen LogP contribution in [-0.4, -0.2) is 23.1 Å². The zero-order chi connectivity index (χ0) is 13.4. The first-order valence-corrected chi connectivity index (χ1v) is 6.94. The fourth-order valence-corrected chi connectivity index (χ4v) is 1.78. The molecule has 1 heterocycles. The van der Waals surface area contributed by atoms with Gasteiger partial charge in [0.25, 0.3) is 0 Å². The monoisotopic (exact) mass is 251 g/mol. The maximum Gasteiger partial charge on any atom is 0.218 e. The van der Waals surface area contributed by atoms with Crippen LogP contribution in [0.5, 0.6) is 5.88 Å². The summed E-state index contributed by atoms with van der Waals surface area (Å²) in [6, 6.07) is 1.88. The molecule has 0 saturated carbocycles. The summed E-state index contributed by atoms with van der Waals surface area (Å²) in [4.78, 5) is 8.80. The summed E-state index contributed by atoms with van der Waals surface area (Å²) in [5.74, 6) is 2.92. The van der Waals surface area contributed by atoms with Crippen LogP contribution in [0.2, 0.25) is 0 Å². The highest BCUT2D eigenvalue weighted by molar-refractivity contribution is 5.38. The molecule has 0 amide bonds. The second-order valence-corrected chi connectivity index (χ2v) is 4.60. The highest BCUT2D eigenvalue weighted by atomic mass is 16.5. The number of hydrogen-bond acceptors (Lipinski definition) is 4. The molecule has 1 aromatic rings. The molecule has 102 valence electrons. The van der Waals surface area contributed by atoms with Gasteiger partial charge in [0.15, 0.2) is 0 Å². The third kappa shape index (κ3) is 4.90. The molecule has 0 fully saturated rings. The van der Waals surface area contributed by atoms with Crippen molar-refractivity contribution in [3.8, 4) is 5.88 Å². The Morgan fingerprint density at radius 1 is 1.28 bits per heavy atom. The fourth-order valence-electron chi connectivity index (χ4n) is 1.78. The Morgan fingerprint density at radius 3 is 2.67 bits per heavy atom. The van der Waals surface area contributed by atoms with Crippen LogP contribution in [0.1, 0.15) is 46.4 Å². The van der Waals surface area contributed by atoms with Gasteiger partial charge in [-0.2, -0.15) is 4.98 Å². The Labute approximate surface area is 110 Å². The smallest absolute Gasteiger partial charge is 0.218 e. The summed E-state index contributed by atoms with van der Waals surface area (Å²) in [7, 11) is 0. The molecule has 0 radical (unpaired) electrons. The Kier molecular flexibility index (Phi) is 6.47. The number of aromatic nitrogens is 2. The van der Waals surface area contributed by atoms with Crippen LogP contribution in [0.15, 0.2) is 6.07 Å². The van der Waals surface area contributed by atoms with Gasteiger partial charge in [-0.1, -0.05) is 27.2 Å². The van der Waals surface area contributed by atoms with E-state index in [4.69, 9.17) is 4.74 Å². The molecule has 0 saturated heterocycles. The van der Waals surface area contributed by atoms with E-state index in [0.717, 1.165) is 31.2 Å². The minimum atomic E-state index is 0.567. The molecule has 0 aliphatic rings. The highest BCUT2D eigenvalue weighted by Gasteiger charge is 2.06. The van der Waals surface area contributed by atoms with E-state index in [2.05, 4.69) is 43.0 Å². The first-order chi connectivity index (χ1) is 8.69. The maximum absolute atomic E-state index is 5.76. The van der Waals surface area contributed by atoms with E-state index in [1.54, 1.807) is 0 Å². The molecule has 1 aromatic heterocycles. The van der Waals surface area contributed by atoms with Crippen LogP contribution >= 0.6 is 0 Å². The van der Waals surface area contributed by atoms with Gasteiger partial charge in [0.05, 0.1) is 6.61 Å². The van der Waals surface area contributed by atoms with Gasteiger partial charge >= 0.3 is 0 Å². The number of aryl methyl sites for hydroxylation is 1. The van der Waals surface area contributed by atoms with Gasteiger partial charge in [-0.25, -0.2) is 4.98 Å². The lowest BCUT2D eigenvalue weighted by Crippen LogP contribution is -2.11. The van der Waals surface area contributed by atoms with Crippen LogP contribution in [0.3, 0.4) is 0 Å². The Bertz CT molecular complexity index is 355. The maximum atomic E-state index is 5.76. The van der Waals surface area contributed by atoms with Crippen LogP contribution in [0, 0.1) is 5.92 Å². The lowest BCUT2D eigenvalue weighted by molar-refractivity contribution is 0.242. The van der Waals surface area contributed by atoms with E-state index < -0.39 is 0 Å². The molecule has 4 heteroatoms. The number of nitrogens with zero attached hydrogens (tertiary/aromatic N) is 2. The molecular weight excluding hydrogens is 226 g/mol. The molecule has 1 unspecified atom stereocenters. The summed E-state index contributed by atoms with van der Waals surface area (Å²) in [5.41, 5.74) is 0. The minimum absolute atomic E-state index is 0.567. The summed E-state index contributed by atoms with van der Waals surface area (Å²) in [6.45, 7) is 10.1. The number of anilines is 1. The third-order valence-electron chi connectivity index (χ3n) is 2.72. The molecule has 0 aromatic carbocycles. The lowest BCUT2D eigenvalue weighted by atomic mass is 10.1. The largest absolute Gasteiger partial charge is 0.477 e. The molecule has 4 nitrogen and oxygen atoms in total. The summed E-state index contributed by atoms with van der Waals surface area (Å²) < 4.78 is 5.76. The first-order valence-electron chi connectivity index (χ1n) is 6.94. The van der Waals surface area contributed by atoms with E-state index in [1.165, 1.54) is 12.8 Å². The zero-order valence-corrected chi connectivity index (χ0v) is 12.0. The van der Waals surface area contributed by atoms with Crippen LogP contribution < -0.4 is 10.1 Å². The summed E-state index contributed by atoms with van der Waals surface area (Å²) >= 11 is 0. The predicted octanol–water partition coefficient (Wildman–Crippen LogP) is 3.29. The average Bonchev–Trinajstić information content (AvgIpc) is 2.37. The van der Waals surface area contributed by atoms with Crippen molar-refractivity contribution in [2.75, 3.05) is 18.5 Å². The van der Waals surface area contributed by atoms with Crippen LogP contribution in [-0.2, 0) is 6.42 Å². The molecule has 1 atom stereocenters. The van der Waals surface area contributed by atoms with E-state index in [9.17, 15) is 0 Å². The number of rotatable bonds is 8. The van der Waals surface area contributed by atoms with Crippen molar-refractivity contribution >= 4 is 5.82 Å². The second kappa shape index (κ2) is 7.90. The predicted molar refractivity (Wildman–Crippen MR) is 75.1 cm³/mol. The normalized spacial score (nSPS) is 12.2. The molecule has 0 spiro atoms. The molecule has 0 aliphatic heterocycles. The van der Waals surface area contributed by atoms with Crippen molar-refractivity contribution < 1.29 is 4.74 Å². The van der Waals surface area contributed by atoms with Crippen molar-refractivity contribution in [3.05, 3.63) is 11.9 Å². The molecule has 0 aliphatic carbocycles. The third-order valence-corrected chi connectivity index (χ3v) is 2.72. The first kappa shape index (κ1) is 14.7. The van der Waals surface area contributed by atoms with Gasteiger partial charge in [-0.05, 0) is 19.3 Å². The van der Waals surface area contributed by atoms with E-state index in [1.807, 2.05) is 6.07 Å². The second-order valence-electron chi connectivity index (χ2n) is 4.60. The van der Waals surface area contributed by atoms with Crippen molar-refractivity contribution in [3.63, 3.8) is 0 Å². The van der Waals surface area contributed by atoms with E-state index >= 15 is 0 Å². The van der Waals surface area contributed by atoms with E-state index in [-0.39, 0.29) is 0 Å². The molecule has 1 N–H and O–H groups in total. The van der Waals surface area contributed by atoms with Crippen molar-refractivity contribution in [1.82, 2.24) is 9.97 Å². The van der Waals surface area contributed by atoms with Gasteiger partial charge in [0.1, 0.15) is 11.6 Å². The average molecular weight is 251 g/mol. The van der Waals surface area contributed by atoms with Gasteiger partial charge in [-0.15, -0.1) is 0 Å². The fraction of sp³-hybridized carbons (Fsp3) is 0.714. The van der Waals surface area contributed by atoms with Gasteiger partial charge < -0.3 is 10.1 Å².